The van der Waals surface area contributed by atoms with Gasteiger partial charge in [-0.15, -0.1) is 0 Å². The molecule has 4 rings (SSSR count). The van der Waals surface area contributed by atoms with Crippen molar-refractivity contribution in [2.75, 3.05) is 5.73 Å². The summed E-state index contributed by atoms with van der Waals surface area (Å²) in [5.74, 6) is 2.46. The second-order valence-corrected chi connectivity index (χ2v) is 6.07. The minimum absolute atomic E-state index is 0.593. The van der Waals surface area contributed by atoms with Crippen molar-refractivity contribution in [3.63, 3.8) is 0 Å². The van der Waals surface area contributed by atoms with Crippen molar-refractivity contribution in [3.05, 3.63) is 23.8 Å². The van der Waals surface area contributed by atoms with Crippen LogP contribution in [0.1, 0.15) is 37.3 Å². The maximum absolute atomic E-state index is 6.17. The van der Waals surface area contributed by atoms with Crippen LogP contribution in [0.3, 0.4) is 0 Å². The first-order chi connectivity index (χ1) is 8.72. The van der Waals surface area contributed by atoms with Gasteiger partial charge in [0.15, 0.2) is 0 Å². The molecule has 3 unspecified atom stereocenters. The van der Waals surface area contributed by atoms with Crippen LogP contribution >= 0.6 is 0 Å². The SMILES string of the molecule is Cc1ccc2nc(N)n(C3CC4CCC3C4)c2c1. The van der Waals surface area contributed by atoms with Gasteiger partial charge in [0, 0.05) is 6.04 Å². The van der Waals surface area contributed by atoms with E-state index in [2.05, 4.69) is 34.7 Å². The van der Waals surface area contributed by atoms with E-state index in [-0.39, 0.29) is 0 Å². The molecule has 2 aliphatic rings. The van der Waals surface area contributed by atoms with Crippen LogP contribution in [0.5, 0.6) is 0 Å². The molecule has 3 atom stereocenters. The molecular weight excluding hydrogens is 222 g/mol. The second-order valence-electron chi connectivity index (χ2n) is 6.07. The van der Waals surface area contributed by atoms with E-state index in [4.69, 9.17) is 5.73 Å². The Kier molecular flexibility index (Phi) is 2.02. The largest absolute Gasteiger partial charge is 0.369 e. The third-order valence-corrected chi connectivity index (χ3v) is 4.90. The van der Waals surface area contributed by atoms with Crippen molar-refractivity contribution in [3.8, 4) is 0 Å². The number of aromatic nitrogens is 2. The number of benzene rings is 1. The van der Waals surface area contributed by atoms with E-state index in [1.54, 1.807) is 0 Å². The van der Waals surface area contributed by atoms with E-state index < -0.39 is 0 Å². The molecule has 2 aromatic rings. The van der Waals surface area contributed by atoms with Crippen LogP contribution in [0.25, 0.3) is 11.0 Å². The Morgan fingerprint density at radius 3 is 2.89 bits per heavy atom. The van der Waals surface area contributed by atoms with Crippen molar-refractivity contribution in [1.82, 2.24) is 9.55 Å². The van der Waals surface area contributed by atoms with Gasteiger partial charge in [-0.3, -0.25) is 0 Å². The molecule has 0 saturated heterocycles. The van der Waals surface area contributed by atoms with Gasteiger partial charge in [0.05, 0.1) is 11.0 Å². The maximum Gasteiger partial charge on any atom is 0.201 e. The zero-order valence-corrected chi connectivity index (χ0v) is 10.8. The van der Waals surface area contributed by atoms with Crippen LogP contribution in [0, 0.1) is 18.8 Å². The summed E-state index contributed by atoms with van der Waals surface area (Å²) in [6.45, 7) is 2.13. The Labute approximate surface area is 107 Å². The van der Waals surface area contributed by atoms with Crippen molar-refractivity contribution < 1.29 is 0 Å². The van der Waals surface area contributed by atoms with Gasteiger partial charge >= 0.3 is 0 Å². The molecule has 3 heteroatoms. The van der Waals surface area contributed by atoms with Crippen LogP contribution in [0.2, 0.25) is 0 Å². The van der Waals surface area contributed by atoms with Gasteiger partial charge in [-0.25, -0.2) is 4.98 Å². The third kappa shape index (κ3) is 1.33. The molecule has 18 heavy (non-hydrogen) atoms. The Morgan fingerprint density at radius 2 is 2.17 bits per heavy atom. The highest BCUT2D eigenvalue weighted by Gasteiger charge is 2.41. The van der Waals surface area contributed by atoms with E-state index in [0.29, 0.717) is 12.0 Å². The summed E-state index contributed by atoms with van der Waals surface area (Å²) in [6.07, 6.45) is 5.50. The highest BCUT2D eigenvalue weighted by Crippen LogP contribution is 2.52. The number of nitrogens with zero attached hydrogens (tertiary/aromatic N) is 2. The lowest BCUT2D eigenvalue weighted by molar-refractivity contribution is 0.339. The highest BCUT2D eigenvalue weighted by molar-refractivity contribution is 5.79. The molecule has 0 radical (unpaired) electrons. The molecule has 2 N–H and O–H groups in total. The molecule has 1 aromatic heterocycles. The average Bonchev–Trinajstić information content (AvgIpc) is 3.01. The fourth-order valence-corrected chi connectivity index (χ4v) is 4.10. The number of imidazole rings is 1. The minimum atomic E-state index is 0.593. The fourth-order valence-electron chi connectivity index (χ4n) is 4.10. The average molecular weight is 241 g/mol. The third-order valence-electron chi connectivity index (χ3n) is 4.90. The molecular formula is C15H19N3. The molecule has 2 aliphatic carbocycles. The maximum atomic E-state index is 6.17. The number of hydrogen-bond donors (Lipinski definition) is 1. The van der Waals surface area contributed by atoms with Crippen LogP contribution in [-0.4, -0.2) is 9.55 Å². The van der Waals surface area contributed by atoms with Crippen LogP contribution in [0.4, 0.5) is 5.95 Å². The molecule has 3 nitrogen and oxygen atoms in total. The van der Waals surface area contributed by atoms with Gasteiger partial charge in [-0.05, 0) is 55.7 Å². The zero-order chi connectivity index (χ0) is 12.3. The van der Waals surface area contributed by atoms with Crippen LogP contribution < -0.4 is 5.73 Å². The van der Waals surface area contributed by atoms with Crippen LogP contribution in [-0.2, 0) is 0 Å². The zero-order valence-electron chi connectivity index (χ0n) is 10.8. The van der Waals surface area contributed by atoms with E-state index in [1.807, 2.05) is 0 Å². The normalized spacial score (nSPS) is 30.4. The molecule has 0 spiro atoms. The van der Waals surface area contributed by atoms with E-state index >= 15 is 0 Å². The molecule has 94 valence electrons. The predicted molar refractivity (Wildman–Crippen MR) is 73.4 cm³/mol. The molecule has 1 heterocycles. The smallest absolute Gasteiger partial charge is 0.201 e. The standard InChI is InChI=1S/C15H19N3/c1-9-2-5-12-14(6-9)18(15(16)17-12)13-8-10-3-4-11(13)7-10/h2,5-6,10-11,13H,3-4,7-8H2,1H3,(H2,16,17). The summed E-state index contributed by atoms with van der Waals surface area (Å²) in [7, 11) is 0. The van der Waals surface area contributed by atoms with E-state index in [9.17, 15) is 0 Å². The molecule has 2 saturated carbocycles. The Bertz CT molecular complexity index is 613. The number of rotatable bonds is 1. The first-order valence-electron chi connectivity index (χ1n) is 6.96. The first kappa shape index (κ1) is 10.4. The van der Waals surface area contributed by atoms with E-state index in [0.717, 1.165) is 17.4 Å². The lowest BCUT2D eigenvalue weighted by atomic mass is 9.95. The van der Waals surface area contributed by atoms with Crippen molar-refractivity contribution >= 4 is 17.0 Å². The molecule has 1 aromatic carbocycles. The monoisotopic (exact) mass is 241 g/mol. The Morgan fingerprint density at radius 1 is 1.28 bits per heavy atom. The highest BCUT2D eigenvalue weighted by atomic mass is 15.2. The van der Waals surface area contributed by atoms with Crippen molar-refractivity contribution in [1.29, 1.82) is 0 Å². The Balaban J connectivity index is 1.88. The molecule has 2 fully saturated rings. The second kappa shape index (κ2) is 3.50. The van der Waals surface area contributed by atoms with Gasteiger partial charge in [0.1, 0.15) is 0 Å². The lowest BCUT2D eigenvalue weighted by Crippen LogP contribution is -2.17. The van der Waals surface area contributed by atoms with Gasteiger partial charge in [-0.2, -0.15) is 0 Å². The van der Waals surface area contributed by atoms with E-state index in [1.165, 1.54) is 36.8 Å². The quantitative estimate of drug-likeness (QED) is 0.832. The summed E-state index contributed by atoms with van der Waals surface area (Å²) in [4.78, 5) is 4.52. The predicted octanol–water partition coefficient (Wildman–Crippen LogP) is 3.29. The summed E-state index contributed by atoms with van der Waals surface area (Å²) >= 11 is 0. The Hall–Kier alpha value is -1.51. The first-order valence-corrected chi connectivity index (χ1v) is 6.96. The number of nitrogens with two attached hydrogens (primary N) is 1. The van der Waals surface area contributed by atoms with Crippen LogP contribution in [0.15, 0.2) is 18.2 Å². The van der Waals surface area contributed by atoms with Gasteiger partial charge < -0.3 is 10.3 Å². The van der Waals surface area contributed by atoms with Gasteiger partial charge in [0.25, 0.3) is 0 Å². The lowest BCUT2D eigenvalue weighted by Gasteiger charge is -2.24. The number of fused-ring (bicyclic) bond motifs is 3. The van der Waals surface area contributed by atoms with Gasteiger partial charge in [0.2, 0.25) is 5.95 Å². The minimum Gasteiger partial charge on any atom is -0.369 e. The number of aryl methyl sites for hydroxylation is 1. The van der Waals surface area contributed by atoms with Gasteiger partial charge in [-0.1, -0.05) is 12.5 Å². The number of anilines is 1. The molecule has 0 aliphatic heterocycles. The topological polar surface area (TPSA) is 43.8 Å². The fraction of sp³-hybridized carbons (Fsp3) is 0.533. The summed E-state index contributed by atoms with van der Waals surface area (Å²) < 4.78 is 2.31. The summed E-state index contributed by atoms with van der Waals surface area (Å²) in [5.41, 5.74) is 9.72. The number of hydrogen-bond acceptors (Lipinski definition) is 2. The van der Waals surface area contributed by atoms with Crippen molar-refractivity contribution in [2.24, 2.45) is 11.8 Å². The summed E-state index contributed by atoms with van der Waals surface area (Å²) in [6, 6.07) is 7.02. The van der Waals surface area contributed by atoms with Crippen molar-refractivity contribution in [2.45, 2.75) is 38.6 Å². The number of nitrogen functional groups attached to an aromatic ring is 1. The summed E-state index contributed by atoms with van der Waals surface area (Å²) in [5, 5.41) is 0. The molecule has 0 amide bonds. The molecule has 2 bridgehead atoms.